The fourth-order valence-corrected chi connectivity index (χ4v) is 3.79. The molecule has 0 aliphatic rings. The molecule has 0 fully saturated rings. The van der Waals surface area contributed by atoms with Crippen molar-refractivity contribution in [3.8, 4) is 5.75 Å². The molecule has 0 aliphatic heterocycles. The Balaban J connectivity index is 1.89. The van der Waals surface area contributed by atoms with Crippen molar-refractivity contribution in [2.75, 3.05) is 17.1 Å². The number of benzene rings is 3. The van der Waals surface area contributed by atoms with E-state index in [1.165, 1.54) is 31.4 Å². The Labute approximate surface area is 168 Å². The van der Waals surface area contributed by atoms with Gasteiger partial charge in [-0.1, -0.05) is 24.3 Å². The molecule has 0 saturated carbocycles. The first-order chi connectivity index (χ1) is 13.8. The highest BCUT2D eigenvalue weighted by Gasteiger charge is 2.19. The number of halogens is 1. The predicted molar refractivity (Wildman–Crippen MR) is 109 cm³/mol. The minimum atomic E-state index is -4.02. The van der Waals surface area contributed by atoms with Crippen molar-refractivity contribution in [3.05, 3.63) is 83.7 Å². The summed E-state index contributed by atoms with van der Waals surface area (Å²) in [5.41, 5.74) is 1.75. The molecular weight excluding hydrogens is 395 g/mol. The Kier molecular flexibility index (Phi) is 5.84. The van der Waals surface area contributed by atoms with Crippen LogP contribution in [0.3, 0.4) is 0 Å². The molecule has 0 unspecified atom stereocenters. The van der Waals surface area contributed by atoms with Crippen LogP contribution >= 0.6 is 0 Å². The molecule has 0 atom stereocenters. The lowest BCUT2D eigenvalue weighted by Crippen LogP contribution is -2.15. The van der Waals surface area contributed by atoms with E-state index in [4.69, 9.17) is 4.74 Å². The molecule has 3 rings (SSSR count). The van der Waals surface area contributed by atoms with Gasteiger partial charge in [0.1, 0.15) is 11.6 Å². The summed E-state index contributed by atoms with van der Waals surface area (Å²) in [6, 6.07) is 16.4. The quantitative estimate of drug-likeness (QED) is 0.633. The number of rotatable bonds is 6. The van der Waals surface area contributed by atoms with Crippen molar-refractivity contribution in [1.82, 2.24) is 0 Å². The standard InChI is InChI=1S/C21H19FN2O4S/c1-14-11-19(24-29(26,27)17-10-6-9-16(22)12-17)20(28-2)13-18(14)23-21(25)15-7-4-3-5-8-15/h3-13,24H,1-2H3,(H,23,25). The maximum Gasteiger partial charge on any atom is 0.262 e. The summed E-state index contributed by atoms with van der Waals surface area (Å²) in [5.74, 6) is -0.752. The molecule has 0 bridgehead atoms. The maximum absolute atomic E-state index is 13.4. The van der Waals surface area contributed by atoms with Crippen LogP contribution in [0.1, 0.15) is 15.9 Å². The summed E-state index contributed by atoms with van der Waals surface area (Å²) in [7, 11) is -2.64. The van der Waals surface area contributed by atoms with Crippen LogP contribution in [0.15, 0.2) is 71.6 Å². The Morgan fingerprint density at radius 1 is 0.966 bits per heavy atom. The van der Waals surface area contributed by atoms with Crippen LogP contribution in [0.4, 0.5) is 15.8 Å². The number of carbonyl (C=O) groups excluding carboxylic acids is 1. The molecule has 0 saturated heterocycles. The van der Waals surface area contributed by atoms with Gasteiger partial charge in [-0.2, -0.15) is 0 Å². The zero-order chi connectivity index (χ0) is 21.0. The van der Waals surface area contributed by atoms with Crippen molar-refractivity contribution in [2.45, 2.75) is 11.8 Å². The van der Waals surface area contributed by atoms with E-state index in [0.29, 0.717) is 16.8 Å². The topological polar surface area (TPSA) is 84.5 Å². The zero-order valence-corrected chi connectivity index (χ0v) is 16.6. The number of amides is 1. The average Bonchev–Trinajstić information content (AvgIpc) is 2.70. The molecule has 0 spiro atoms. The highest BCUT2D eigenvalue weighted by Crippen LogP contribution is 2.33. The van der Waals surface area contributed by atoms with Gasteiger partial charge in [-0.05, 0) is 48.9 Å². The second-order valence-corrected chi connectivity index (χ2v) is 7.93. The van der Waals surface area contributed by atoms with E-state index in [2.05, 4.69) is 10.0 Å². The molecule has 150 valence electrons. The van der Waals surface area contributed by atoms with E-state index in [1.807, 2.05) is 6.07 Å². The minimum absolute atomic E-state index is 0.173. The van der Waals surface area contributed by atoms with Gasteiger partial charge in [0.05, 0.1) is 17.7 Å². The fraction of sp³-hybridized carbons (Fsp3) is 0.0952. The lowest BCUT2D eigenvalue weighted by molar-refractivity contribution is 0.102. The van der Waals surface area contributed by atoms with Crippen molar-refractivity contribution in [2.24, 2.45) is 0 Å². The van der Waals surface area contributed by atoms with E-state index < -0.39 is 15.8 Å². The third kappa shape index (κ3) is 4.72. The summed E-state index contributed by atoms with van der Waals surface area (Å²) >= 11 is 0. The van der Waals surface area contributed by atoms with Crippen LogP contribution in [0.2, 0.25) is 0 Å². The monoisotopic (exact) mass is 414 g/mol. The number of nitrogens with one attached hydrogen (secondary N) is 2. The molecule has 8 heteroatoms. The Morgan fingerprint density at radius 3 is 2.34 bits per heavy atom. The number of anilines is 2. The van der Waals surface area contributed by atoms with E-state index in [1.54, 1.807) is 31.2 Å². The zero-order valence-electron chi connectivity index (χ0n) is 15.8. The Hall–Kier alpha value is -3.39. The second-order valence-electron chi connectivity index (χ2n) is 6.25. The maximum atomic E-state index is 13.4. The summed E-state index contributed by atoms with van der Waals surface area (Å²) in [4.78, 5) is 12.2. The van der Waals surface area contributed by atoms with Gasteiger partial charge in [-0.3, -0.25) is 9.52 Å². The van der Waals surface area contributed by atoms with Crippen LogP contribution in [-0.4, -0.2) is 21.4 Å². The molecule has 3 aromatic rings. The fourth-order valence-electron chi connectivity index (χ4n) is 2.69. The van der Waals surface area contributed by atoms with Crippen LogP contribution < -0.4 is 14.8 Å². The average molecular weight is 414 g/mol. The van der Waals surface area contributed by atoms with Gasteiger partial charge < -0.3 is 10.1 Å². The van der Waals surface area contributed by atoms with Gasteiger partial charge in [0, 0.05) is 17.3 Å². The van der Waals surface area contributed by atoms with Gasteiger partial charge in [0.15, 0.2) is 0 Å². The highest BCUT2D eigenvalue weighted by molar-refractivity contribution is 7.92. The molecule has 6 nitrogen and oxygen atoms in total. The number of carbonyl (C=O) groups is 1. The van der Waals surface area contributed by atoms with E-state index in [-0.39, 0.29) is 22.2 Å². The molecule has 3 aromatic carbocycles. The van der Waals surface area contributed by atoms with Crippen molar-refractivity contribution in [1.29, 1.82) is 0 Å². The highest BCUT2D eigenvalue weighted by atomic mass is 32.2. The lowest BCUT2D eigenvalue weighted by Gasteiger charge is -2.16. The number of sulfonamides is 1. The largest absolute Gasteiger partial charge is 0.494 e. The van der Waals surface area contributed by atoms with Crippen LogP contribution in [-0.2, 0) is 10.0 Å². The molecule has 0 aromatic heterocycles. The third-order valence-electron chi connectivity index (χ3n) is 4.18. The Bertz CT molecular complexity index is 1150. The van der Waals surface area contributed by atoms with Crippen molar-refractivity contribution >= 4 is 27.3 Å². The van der Waals surface area contributed by atoms with Crippen molar-refractivity contribution in [3.63, 3.8) is 0 Å². The summed E-state index contributed by atoms with van der Waals surface area (Å²) in [6.07, 6.45) is 0. The van der Waals surface area contributed by atoms with Gasteiger partial charge >= 0.3 is 0 Å². The first-order valence-corrected chi connectivity index (χ1v) is 10.1. The first-order valence-electron chi connectivity index (χ1n) is 8.63. The normalized spacial score (nSPS) is 11.0. The number of methoxy groups -OCH3 is 1. The van der Waals surface area contributed by atoms with E-state index in [9.17, 15) is 17.6 Å². The molecule has 0 aliphatic carbocycles. The second kappa shape index (κ2) is 8.32. The summed E-state index contributed by atoms with van der Waals surface area (Å²) in [6.45, 7) is 1.72. The Morgan fingerprint density at radius 2 is 1.69 bits per heavy atom. The summed E-state index contributed by atoms with van der Waals surface area (Å²) < 4.78 is 46.2. The van der Waals surface area contributed by atoms with Crippen LogP contribution in [0.25, 0.3) is 0 Å². The number of hydrogen-bond donors (Lipinski definition) is 2. The smallest absolute Gasteiger partial charge is 0.262 e. The third-order valence-corrected chi connectivity index (χ3v) is 5.54. The molecular formula is C21H19FN2O4S. The van der Waals surface area contributed by atoms with Crippen LogP contribution in [0, 0.1) is 12.7 Å². The first kappa shape index (κ1) is 20.3. The molecule has 1 amide bonds. The molecule has 29 heavy (non-hydrogen) atoms. The van der Waals surface area contributed by atoms with Crippen LogP contribution in [0.5, 0.6) is 5.75 Å². The van der Waals surface area contributed by atoms with Gasteiger partial charge in [-0.15, -0.1) is 0 Å². The predicted octanol–water partition coefficient (Wildman–Crippen LogP) is 4.20. The summed E-state index contributed by atoms with van der Waals surface area (Å²) in [5, 5.41) is 2.78. The van der Waals surface area contributed by atoms with E-state index >= 15 is 0 Å². The minimum Gasteiger partial charge on any atom is -0.494 e. The number of ether oxygens (including phenoxy) is 1. The number of aryl methyl sites for hydroxylation is 1. The lowest BCUT2D eigenvalue weighted by atomic mass is 10.1. The van der Waals surface area contributed by atoms with E-state index in [0.717, 1.165) is 12.1 Å². The number of hydrogen-bond acceptors (Lipinski definition) is 4. The molecule has 0 heterocycles. The molecule has 2 N–H and O–H groups in total. The van der Waals surface area contributed by atoms with Crippen molar-refractivity contribution < 1.29 is 22.3 Å². The molecule has 0 radical (unpaired) electrons. The van der Waals surface area contributed by atoms with Gasteiger partial charge in [0.2, 0.25) is 0 Å². The van der Waals surface area contributed by atoms with Gasteiger partial charge in [-0.25, -0.2) is 12.8 Å². The SMILES string of the molecule is COc1cc(NC(=O)c2ccccc2)c(C)cc1NS(=O)(=O)c1cccc(F)c1. The van der Waals surface area contributed by atoms with Gasteiger partial charge in [0.25, 0.3) is 15.9 Å².